The lowest BCUT2D eigenvalue weighted by Crippen LogP contribution is -2.30. The summed E-state index contributed by atoms with van der Waals surface area (Å²) in [6.45, 7) is 2.51. The third-order valence-electron chi connectivity index (χ3n) is 2.57. The van der Waals surface area contributed by atoms with Gasteiger partial charge >= 0.3 is 5.97 Å². The predicted octanol–water partition coefficient (Wildman–Crippen LogP) is 0.170. The lowest BCUT2D eigenvalue weighted by molar-refractivity contribution is -0.139. The first kappa shape index (κ1) is 16.6. The topological polar surface area (TPSA) is 98.5 Å². The van der Waals surface area contributed by atoms with Crippen molar-refractivity contribution in [3.63, 3.8) is 0 Å². The van der Waals surface area contributed by atoms with E-state index in [2.05, 4.69) is 9.46 Å². The van der Waals surface area contributed by atoms with E-state index in [4.69, 9.17) is 5.73 Å². The Morgan fingerprint density at radius 1 is 1.25 bits per heavy atom. The van der Waals surface area contributed by atoms with E-state index in [-0.39, 0.29) is 13.2 Å². The molecule has 7 heteroatoms. The van der Waals surface area contributed by atoms with Gasteiger partial charge in [-0.15, -0.1) is 0 Å². The fourth-order valence-corrected chi connectivity index (χ4v) is 2.47. The second-order valence-corrected chi connectivity index (χ2v) is 6.05. The van der Waals surface area contributed by atoms with Crippen molar-refractivity contribution < 1.29 is 17.9 Å². The molecule has 1 rings (SSSR count). The quantitative estimate of drug-likeness (QED) is 0.667. The summed E-state index contributed by atoms with van der Waals surface area (Å²) in [6.07, 6.45) is 0.787. The van der Waals surface area contributed by atoms with E-state index in [1.54, 1.807) is 6.92 Å². The van der Waals surface area contributed by atoms with Crippen molar-refractivity contribution >= 4 is 16.0 Å². The van der Waals surface area contributed by atoms with Gasteiger partial charge in [0.15, 0.2) is 5.75 Å². The monoisotopic (exact) mass is 300 g/mol. The highest BCUT2D eigenvalue weighted by atomic mass is 32.2. The van der Waals surface area contributed by atoms with Crippen LogP contribution in [0.2, 0.25) is 0 Å². The number of benzene rings is 1. The van der Waals surface area contributed by atoms with Gasteiger partial charge in [-0.1, -0.05) is 24.3 Å². The SMILES string of the molecule is CCOC(=O)CS(=O)(=O)NCc1ccc(CCN)cc1. The zero-order chi connectivity index (χ0) is 15.0. The molecule has 0 bridgehead atoms. The Morgan fingerprint density at radius 3 is 2.40 bits per heavy atom. The van der Waals surface area contributed by atoms with Crippen LogP contribution in [0.15, 0.2) is 24.3 Å². The molecule has 3 N–H and O–H groups in total. The van der Waals surface area contributed by atoms with Crippen LogP contribution in [0.5, 0.6) is 0 Å². The molecule has 0 saturated heterocycles. The van der Waals surface area contributed by atoms with Crippen molar-refractivity contribution in [2.75, 3.05) is 18.9 Å². The van der Waals surface area contributed by atoms with Crippen molar-refractivity contribution in [1.82, 2.24) is 4.72 Å². The molecule has 20 heavy (non-hydrogen) atoms. The lowest BCUT2D eigenvalue weighted by Gasteiger charge is -2.07. The fourth-order valence-electron chi connectivity index (χ4n) is 1.59. The van der Waals surface area contributed by atoms with E-state index in [9.17, 15) is 13.2 Å². The summed E-state index contributed by atoms with van der Waals surface area (Å²) in [6, 6.07) is 7.47. The molecule has 0 fully saturated rings. The van der Waals surface area contributed by atoms with Gasteiger partial charge in [0.2, 0.25) is 10.0 Å². The van der Waals surface area contributed by atoms with Crippen molar-refractivity contribution in [1.29, 1.82) is 0 Å². The second-order valence-electron chi connectivity index (χ2n) is 4.24. The highest BCUT2D eigenvalue weighted by molar-refractivity contribution is 7.90. The molecule has 112 valence electrons. The molecular weight excluding hydrogens is 280 g/mol. The molecule has 0 unspecified atom stereocenters. The van der Waals surface area contributed by atoms with Gasteiger partial charge in [0.25, 0.3) is 0 Å². The first-order valence-corrected chi connectivity index (χ1v) is 8.03. The number of carbonyl (C=O) groups is 1. The summed E-state index contributed by atoms with van der Waals surface area (Å²) in [7, 11) is -3.67. The Bertz CT molecular complexity index is 526. The molecule has 6 nitrogen and oxygen atoms in total. The van der Waals surface area contributed by atoms with Gasteiger partial charge in [0.1, 0.15) is 0 Å². The smallest absolute Gasteiger partial charge is 0.322 e. The Hall–Kier alpha value is -1.44. The Balaban J connectivity index is 2.51. The first-order chi connectivity index (χ1) is 9.46. The largest absolute Gasteiger partial charge is 0.465 e. The highest BCUT2D eigenvalue weighted by Crippen LogP contribution is 2.05. The maximum atomic E-state index is 11.6. The summed E-state index contributed by atoms with van der Waals surface area (Å²) in [5, 5.41) is 0. The van der Waals surface area contributed by atoms with Crippen LogP contribution in [0, 0.1) is 0 Å². The van der Waals surface area contributed by atoms with Crippen LogP contribution in [0.4, 0.5) is 0 Å². The van der Waals surface area contributed by atoms with E-state index < -0.39 is 21.7 Å². The number of esters is 1. The average molecular weight is 300 g/mol. The number of ether oxygens (including phenoxy) is 1. The summed E-state index contributed by atoms with van der Waals surface area (Å²) in [4.78, 5) is 11.1. The fraction of sp³-hybridized carbons (Fsp3) is 0.462. The molecule has 1 aromatic carbocycles. The molecule has 0 aromatic heterocycles. The Kier molecular flexibility index (Phi) is 6.63. The van der Waals surface area contributed by atoms with Crippen LogP contribution in [0.3, 0.4) is 0 Å². The van der Waals surface area contributed by atoms with Gasteiger partial charge in [-0.3, -0.25) is 4.79 Å². The van der Waals surface area contributed by atoms with Crippen molar-refractivity contribution in [2.24, 2.45) is 5.73 Å². The van der Waals surface area contributed by atoms with Crippen LogP contribution < -0.4 is 10.5 Å². The number of hydrogen-bond acceptors (Lipinski definition) is 5. The molecule has 0 aliphatic rings. The normalized spacial score (nSPS) is 11.3. The molecule has 1 aromatic rings. The van der Waals surface area contributed by atoms with Crippen LogP contribution in [-0.4, -0.2) is 33.3 Å². The molecule has 0 amide bonds. The third kappa shape index (κ3) is 6.14. The first-order valence-electron chi connectivity index (χ1n) is 6.37. The van der Waals surface area contributed by atoms with Crippen molar-refractivity contribution in [2.45, 2.75) is 19.9 Å². The number of rotatable bonds is 8. The summed E-state index contributed by atoms with van der Waals surface area (Å²) >= 11 is 0. The molecular formula is C13H20N2O4S. The van der Waals surface area contributed by atoms with Crippen molar-refractivity contribution in [3.8, 4) is 0 Å². The van der Waals surface area contributed by atoms with E-state index >= 15 is 0 Å². The zero-order valence-corrected chi connectivity index (χ0v) is 12.3. The summed E-state index contributed by atoms with van der Waals surface area (Å²) in [5.41, 5.74) is 7.37. The summed E-state index contributed by atoms with van der Waals surface area (Å²) in [5.74, 6) is -1.41. The number of carbonyl (C=O) groups excluding carboxylic acids is 1. The van der Waals surface area contributed by atoms with E-state index in [1.165, 1.54) is 0 Å². The average Bonchev–Trinajstić information content (AvgIpc) is 2.38. The number of nitrogens with one attached hydrogen (secondary N) is 1. The molecule has 0 radical (unpaired) electrons. The number of nitrogens with two attached hydrogens (primary N) is 1. The zero-order valence-electron chi connectivity index (χ0n) is 11.5. The van der Waals surface area contributed by atoms with E-state index in [0.29, 0.717) is 6.54 Å². The maximum Gasteiger partial charge on any atom is 0.322 e. The van der Waals surface area contributed by atoms with Crippen LogP contribution in [-0.2, 0) is 32.5 Å². The molecule has 0 heterocycles. The standard InChI is InChI=1S/C13H20N2O4S/c1-2-19-13(16)10-20(17,18)15-9-12-5-3-11(4-6-12)7-8-14/h3-6,15H,2,7-10,14H2,1H3. The summed E-state index contributed by atoms with van der Waals surface area (Å²) < 4.78 is 30.2. The number of hydrogen-bond donors (Lipinski definition) is 2. The minimum Gasteiger partial charge on any atom is -0.465 e. The van der Waals surface area contributed by atoms with Gasteiger partial charge in [-0.25, -0.2) is 13.1 Å². The second kappa shape index (κ2) is 7.98. The third-order valence-corrected chi connectivity index (χ3v) is 3.77. The van der Waals surface area contributed by atoms with Crippen LogP contribution >= 0.6 is 0 Å². The predicted molar refractivity (Wildman–Crippen MR) is 76.5 cm³/mol. The van der Waals surface area contributed by atoms with E-state index in [1.807, 2.05) is 24.3 Å². The minimum atomic E-state index is -3.67. The van der Waals surface area contributed by atoms with Gasteiger partial charge in [0.05, 0.1) is 6.61 Å². The van der Waals surface area contributed by atoms with E-state index in [0.717, 1.165) is 17.5 Å². The molecule has 0 saturated carbocycles. The Labute approximate surface area is 119 Å². The highest BCUT2D eigenvalue weighted by Gasteiger charge is 2.16. The molecule has 0 aliphatic carbocycles. The Morgan fingerprint density at radius 2 is 1.85 bits per heavy atom. The van der Waals surface area contributed by atoms with Gasteiger partial charge in [-0.05, 0) is 31.0 Å². The van der Waals surface area contributed by atoms with Crippen LogP contribution in [0.25, 0.3) is 0 Å². The molecule has 0 atom stereocenters. The van der Waals surface area contributed by atoms with Gasteiger partial charge < -0.3 is 10.5 Å². The van der Waals surface area contributed by atoms with Gasteiger partial charge in [0, 0.05) is 6.54 Å². The van der Waals surface area contributed by atoms with Gasteiger partial charge in [-0.2, -0.15) is 0 Å². The molecule has 0 spiro atoms. The van der Waals surface area contributed by atoms with Crippen LogP contribution in [0.1, 0.15) is 18.1 Å². The lowest BCUT2D eigenvalue weighted by atomic mass is 10.1. The maximum absolute atomic E-state index is 11.6. The molecule has 0 aliphatic heterocycles. The minimum absolute atomic E-state index is 0.143. The van der Waals surface area contributed by atoms with Crippen molar-refractivity contribution in [3.05, 3.63) is 35.4 Å². The number of sulfonamides is 1.